The largest absolute Gasteiger partial charge is 0.454 e. The summed E-state index contributed by atoms with van der Waals surface area (Å²) in [4.78, 5) is -0.0330. The van der Waals surface area contributed by atoms with Gasteiger partial charge in [0, 0.05) is 11.4 Å². The Morgan fingerprint density at radius 3 is 2.22 bits per heavy atom. The van der Waals surface area contributed by atoms with E-state index < -0.39 is 29.7 Å². The fourth-order valence-electron chi connectivity index (χ4n) is 1.16. The SMILES string of the molecule is NCC(Sc1cccc(F)c1)C(F)(F)C(F)(F)F. The first-order valence-corrected chi connectivity index (χ1v) is 5.63. The average molecular weight is 289 g/mol. The molecule has 1 atom stereocenters. The number of benzene rings is 1. The van der Waals surface area contributed by atoms with E-state index in [0.717, 1.165) is 12.1 Å². The van der Waals surface area contributed by atoms with Gasteiger partial charge in [0.05, 0.1) is 5.25 Å². The first kappa shape index (κ1) is 15.2. The Hall–Kier alpha value is -0.890. The van der Waals surface area contributed by atoms with Crippen LogP contribution >= 0.6 is 11.8 Å². The van der Waals surface area contributed by atoms with E-state index in [1.807, 2.05) is 0 Å². The predicted octanol–water partition coefficient (Wildman–Crippen LogP) is 3.44. The Kier molecular flexibility index (Phi) is 4.55. The molecule has 1 aromatic rings. The van der Waals surface area contributed by atoms with Crippen LogP contribution in [0.3, 0.4) is 0 Å². The molecule has 0 aliphatic heterocycles. The van der Waals surface area contributed by atoms with Gasteiger partial charge < -0.3 is 5.73 Å². The van der Waals surface area contributed by atoms with Crippen molar-refractivity contribution in [3.8, 4) is 0 Å². The van der Waals surface area contributed by atoms with Gasteiger partial charge in [0.25, 0.3) is 0 Å². The number of rotatable bonds is 4. The molecule has 0 saturated carbocycles. The van der Waals surface area contributed by atoms with Crippen LogP contribution in [0.2, 0.25) is 0 Å². The fraction of sp³-hybridized carbons (Fsp3) is 0.400. The molecule has 0 amide bonds. The minimum absolute atomic E-state index is 0.0330. The van der Waals surface area contributed by atoms with Gasteiger partial charge in [-0.1, -0.05) is 6.07 Å². The van der Waals surface area contributed by atoms with Crippen molar-refractivity contribution in [2.45, 2.75) is 22.2 Å². The van der Waals surface area contributed by atoms with Crippen molar-refractivity contribution in [3.63, 3.8) is 0 Å². The van der Waals surface area contributed by atoms with E-state index in [4.69, 9.17) is 5.73 Å². The van der Waals surface area contributed by atoms with Crippen molar-refractivity contribution >= 4 is 11.8 Å². The van der Waals surface area contributed by atoms with E-state index in [1.54, 1.807) is 0 Å². The van der Waals surface area contributed by atoms with Crippen LogP contribution in [0.5, 0.6) is 0 Å². The summed E-state index contributed by atoms with van der Waals surface area (Å²) in [6, 6.07) is 4.39. The molecule has 8 heteroatoms. The molecule has 1 aromatic carbocycles. The van der Waals surface area contributed by atoms with Gasteiger partial charge in [-0.3, -0.25) is 0 Å². The van der Waals surface area contributed by atoms with Gasteiger partial charge in [-0.2, -0.15) is 22.0 Å². The molecular formula is C10H9F6NS. The average Bonchev–Trinajstić information content (AvgIpc) is 2.24. The second-order valence-electron chi connectivity index (χ2n) is 3.42. The van der Waals surface area contributed by atoms with Gasteiger partial charge in [-0.25, -0.2) is 4.39 Å². The zero-order valence-electron chi connectivity index (χ0n) is 8.85. The first-order chi connectivity index (χ1) is 8.18. The van der Waals surface area contributed by atoms with E-state index in [9.17, 15) is 26.3 Å². The first-order valence-electron chi connectivity index (χ1n) is 4.75. The van der Waals surface area contributed by atoms with Crippen molar-refractivity contribution in [3.05, 3.63) is 30.1 Å². The molecule has 102 valence electrons. The normalized spacial score (nSPS) is 14.6. The molecule has 0 heterocycles. The van der Waals surface area contributed by atoms with Crippen LogP contribution in [0.25, 0.3) is 0 Å². The highest BCUT2D eigenvalue weighted by molar-refractivity contribution is 8.00. The van der Waals surface area contributed by atoms with Crippen molar-refractivity contribution < 1.29 is 26.3 Å². The third kappa shape index (κ3) is 3.32. The van der Waals surface area contributed by atoms with E-state index in [0.29, 0.717) is 0 Å². The van der Waals surface area contributed by atoms with Crippen LogP contribution in [-0.2, 0) is 0 Å². The maximum absolute atomic E-state index is 13.1. The summed E-state index contributed by atoms with van der Waals surface area (Å²) in [5.41, 5.74) is 4.95. The van der Waals surface area contributed by atoms with Gasteiger partial charge in [0.1, 0.15) is 5.82 Å². The van der Waals surface area contributed by atoms with Crippen LogP contribution in [-0.4, -0.2) is 23.9 Å². The van der Waals surface area contributed by atoms with Crippen LogP contribution < -0.4 is 5.73 Å². The Balaban J connectivity index is 2.92. The van der Waals surface area contributed by atoms with E-state index in [2.05, 4.69) is 0 Å². The summed E-state index contributed by atoms with van der Waals surface area (Å²) < 4.78 is 75.4. The van der Waals surface area contributed by atoms with Crippen LogP contribution in [0, 0.1) is 5.82 Å². The maximum atomic E-state index is 13.1. The minimum Gasteiger partial charge on any atom is -0.329 e. The molecule has 0 bridgehead atoms. The van der Waals surface area contributed by atoms with Crippen molar-refractivity contribution in [1.82, 2.24) is 0 Å². The molecule has 1 nitrogen and oxygen atoms in total. The predicted molar refractivity (Wildman–Crippen MR) is 56.1 cm³/mol. The molecule has 0 aromatic heterocycles. The van der Waals surface area contributed by atoms with Gasteiger partial charge in [0.15, 0.2) is 0 Å². The summed E-state index contributed by atoms with van der Waals surface area (Å²) in [5, 5.41) is -2.20. The number of alkyl halides is 5. The molecular weight excluding hydrogens is 280 g/mol. The second-order valence-corrected chi connectivity index (χ2v) is 4.70. The van der Waals surface area contributed by atoms with Crippen molar-refractivity contribution in [2.24, 2.45) is 5.73 Å². The molecule has 0 spiro atoms. The monoisotopic (exact) mass is 289 g/mol. The standard InChI is InChI=1S/C10H9F6NS/c11-6-2-1-3-7(4-6)18-8(5-17)9(12,13)10(14,15)16/h1-4,8H,5,17H2. The van der Waals surface area contributed by atoms with Gasteiger partial charge in [-0.15, -0.1) is 11.8 Å². The molecule has 0 aliphatic carbocycles. The van der Waals surface area contributed by atoms with Crippen LogP contribution in [0.15, 0.2) is 29.2 Å². The lowest BCUT2D eigenvalue weighted by molar-refractivity contribution is -0.280. The molecule has 0 aliphatic rings. The van der Waals surface area contributed by atoms with Crippen molar-refractivity contribution in [2.75, 3.05) is 6.54 Å². The minimum atomic E-state index is -5.68. The zero-order valence-corrected chi connectivity index (χ0v) is 9.66. The Bertz CT molecular complexity index is 406. The van der Waals surface area contributed by atoms with Gasteiger partial charge >= 0.3 is 12.1 Å². The van der Waals surface area contributed by atoms with Gasteiger partial charge in [-0.05, 0) is 18.2 Å². The van der Waals surface area contributed by atoms with E-state index in [-0.39, 0.29) is 16.7 Å². The number of nitrogens with two attached hydrogens (primary N) is 1. The molecule has 2 N–H and O–H groups in total. The Labute approximate surface area is 103 Å². The number of halogens is 6. The quantitative estimate of drug-likeness (QED) is 0.678. The lowest BCUT2D eigenvalue weighted by Crippen LogP contribution is -2.48. The van der Waals surface area contributed by atoms with Crippen LogP contribution in [0.1, 0.15) is 0 Å². The molecule has 18 heavy (non-hydrogen) atoms. The highest BCUT2D eigenvalue weighted by Gasteiger charge is 2.62. The number of hydrogen-bond donors (Lipinski definition) is 1. The topological polar surface area (TPSA) is 26.0 Å². The number of hydrogen-bond acceptors (Lipinski definition) is 2. The smallest absolute Gasteiger partial charge is 0.329 e. The summed E-state index contributed by atoms with van der Waals surface area (Å²) >= 11 is 0.202. The second kappa shape index (κ2) is 5.40. The molecule has 0 saturated heterocycles. The van der Waals surface area contributed by atoms with E-state index >= 15 is 0 Å². The van der Waals surface area contributed by atoms with Gasteiger partial charge in [0.2, 0.25) is 0 Å². The summed E-state index contributed by atoms with van der Waals surface area (Å²) in [6.07, 6.45) is -5.68. The van der Waals surface area contributed by atoms with Crippen molar-refractivity contribution in [1.29, 1.82) is 0 Å². The molecule has 1 rings (SSSR count). The summed E-state index contributed by atoms with van der Waals surface area (Å²) in [7, 11) is 0. The maximum Gasteiger partial charge on any atom is 0.454 e. The third-order valence-corrected chi connectivity index (χ3v) is 3.37. The lowest BCUT2D eigenvalue weighted by atomic mass is 10.2. The zero-order chi connectivity index (χ0) is 14.0. The van der Waals surface area contributed by atoms with E-state index in [1.165, 1.54) is 12.1 Å². The number of thioether (sulfide) groups is 1. The Morgan fingerprint density at radius 2 is 1.78 bits per heavy atom. The molecule has 0 radical (unpaired) electrons. The third-order valence-electron chi connectivity index (χ3n) is 2.07. The lowest BCUT2D eigenvalue weighted by Gasteiger charge is -2.27. The highest BCUT2D eigenvalue weighted by atomic mass is 32.2. The Morgan fingerprint density at radius 1 is 1.17 bits per heavy atom. The van der Waals surface area contributed by atoms with Crippen LogP contribution in [0.4, 0.5) is 26.3 Å². The fourth-order valence-corrected chi connectivity index (χ4v) is 2.20. The molecule has 0 fully saturated rings. The highest BCUT2D eigenvalue weighted by Crippen LogP contribution is 2.44. The summed E-state index contributed by atoms with van der Waals surface area (Å²) in [6.45, 7) is -0.881. The summed E-state index contributed by atoms with van der Waals surface area (Å²) in [5.74, 6) is -5.65. The molecule has 1 unspecified atom stereocenters.